The standard InChI is InChI=1S/C26H28ClFN6O2/c1-17-14-18(28)9-10-19(17)24-20-15-29-16-34(36,22-7-3-2-6-21(22)27)25(20)32-26(31-24)30-11-5-13-33-12-4-8-23(33)35/h2-3,6-7,9-10,14,29H,4-5,8,11-13,15-16H2,1H3,(H,30,31,32). The number of aryl methyl sites for hydroxylation is 1. The number of anilines is 1. The first-order chi connectivity index (χ1) is 17.4. The predicted molar refractivity (Wildman–Crippen MR) is 139 cm³/mol. The van der Waals surface area contributed by atoms with Gasteiger partial charge in [-0.15, -0.1) is 0 Å². The molecule has 1 unspecified atom stereocenters. The number of hydroxylamine groups is 1. The average molecular weight is 511 g/mol. The van der Waals surface area contributed by atoms with Crippen molar-refractivity contribution in [1.29, 1.82) is 0 Å². The van der Waals surface area contributed by atoms with E-state index in [-0.39, 0.29) is 18.4 Å². The van der Waals surface area contributed by atoms with Gasteiger partial charge in [-0.1, -0.05) is 23.7 Å². The first-order valence-electron chi connectivity index (χ1n) is 12.1. The van der Waals surface area contributed by atoms with E-state index in [0.717, 1.165) is 24.9 Å². The van der Waals surface area contributed by atoms with Crippen LogP contribution in [0.3, 0.4) is 0 Å². The Kier molecular flexibility index (Phi) is 6.90. The van der Waals surface area contributed by atoms with Crippen LogP contribution >= 0.6 is 11.6 Å². The Morgan fingerprint density at radius 1 is 1.25 bits per heavy atom. The summed E-state index contributed by atoms with van der Waals surface area (Å²) in [5, 5.41) is 21.1. The molecule has 0 saturated carbocycles. The number of carbonyl (C=O) groups excluding carboxylic acids is 1. The molecule has 1 saturated heterocycles. The van der Waals surface area contributed by atoms with Gasteiger partial charge in [0.05, 0.1) is 11.3 Å². The van der Waals surface area contributed by atoms with E-state index < -0.39 is 4.65 Å². The Hall–Kier alpha value is -3.11. The molecule has 8 nitrogen and oxygen atoms in total. The number of aromatic nitrogens is 2. The Balaban J connectivity index is 1.53. The van der Waals surface area contributed by atoms with Crippen molar-refractivity contribution in [3.63, 3.8) is 0 Å². The summed E-state index contributed by atoms with van der Waals surface area (Å²) >= 11 is 6.45. The molecule has 3 heterocycles. The smallest absolute Gasteiger partial charge is 0.243 e. The number of likely N-dealkylation sites (tertiary alicyclic amines) is 1. The van der Waals surface area contributed by atoms with E-state index in [1.165, 1.54) is 12.1 Å². The number of benzene rings is 2. The number of fused-ring (bicyclic) bond motifs is 1. The lowest BCUT2D eigenvalue weighted by atomic mass is 10.00. The van der Waals surface area contributed by atoms with Gasteiger partial charge in [0, 0.05) is 44.2 Å². The number of amides is 1. The molecule has 1 amide bonds. The molecule has 0 spiro atoms. The Bertz CT molecular complexity index is 1310. The van der Waals surface area contributed by atoms with Gasteiger partial charge in [-0.2, -0.15) is 4.98 Å². The van der Waals surface area contributed by atoms with Crippen LogP contribution < -0.4 is 15.3 Å². The van der Waals surface area contributed by atoms with Crippen molar-refractivity contribution in [2.24, 2.45) is 0 Å². The van der Waals surface area contributed by atoms with Crippen LogP contribution in [-0.4, -0.2) is 47.1 Å². The van der Waals surface area contributed by atoms with Gasteiger partial charge >= 0.3 is 0 Å². The van der Waals surface area contributed by atoms with Crippen LogP contribution in [0.1, 0.15) is 30.4 Å². The van der Waals surface area contributed by atoms with Gasteiger partial charge in [0.2, 0.25) is 17.7 Å². The van der Waals surface area contributed by atoms with Crippen molar-refractivity contribution in [1.82, 2.24) is 24.8 Å². The first-order valence-corrected chi connectivity index (χ1v) is 12.5. The lowest BCUT2D eigenvalue weighted by Gasteiger charge is -2.44. The maximum Gasteiger partial charge on any atom is 0.243 e. The van der Waals surface area contributed by atoms with Crippen molar-refractivity contribution in [3.8, 4) is 11.3 Å². The SMILES string of the molecule is Cc1cc(F)ccc1-c1nc(NCCCN2CCCC2=O)nc2c1CNC[N+]2([O-])c1ccccc1Cl. The zero-order valence-electron chi connectivity index (χ0n) is 20.1. The quantitative estimate of drug-likeness (QED) is 0.268. The Labute approximate surface area is 214 Å². The molecule has 2 aliphatic rings. The number of nitrogens with zero attached hydrogens (tertiary/aromatic N) is 4. The van der Waals surface area contributed by atoms with Gasteiger partial charge in [-0.3, -0.25) is 14.8 Å². The van der Waals surface area contributed by atoms with Gasteiger partial charge in [0.1, 0.15) is 17.5 Å². The third kappa shape index (κ3) is 4.67. The number of halogens is 2. The number of hydrogen-bond acceptors (Lipinski definition) is 6. The largest absolute Gasteiger partial charge is 0.620 e. The summed E-state index contributed by atoms with van der Waals surface area (Å²) in [6.45, 7) is 4.26. The summed E-state index contributed by atoms with van der Waals surface area (Å²) in [6.07, 6.45) is 2.24. The van der Waals surface area contributed by atoms with Crippen LogP contribution in [0.4, 0.5) is 21.8 Å². The topological polar surface area (TPSA) is 93.2 Å². The fourth-order valence-electron chi connectivity index (χ4n) is 4.90. The highest BCUT2D eigenvalue weighted by atomic mass is 35.5. The fourth-order valence-corrected chi connectivity index (χ4v) is 5.17. The lowest BCUT2D eigenvalue weighted by molar-refractivity contribution is -0.127. The van der Waals surface area contributed by atoms with E-state index in [1.54, 1.807) is 30.3 Å². The number of quaternary nitrogens is 1. The maximum atomic E-state index is 14.4. The molecule has 10 heteroatoms. The van der Waals surface area contributed by atoms with Crippen LogP contribution in [-0.2, 0) is 11.3 Å². The van der Waals surface area contributed by atoms with Gasteiger partial charge in [-0.05, 0) is 49.6 Å². The monoisotopic (exact) mass is 510 g/mol. The summed E-state index contributed by atoms with van der Waals surface area (Å²) in [6, 6.07) is 11.5. The van der Waals surface area contributed by atoms with E-state index in [9.17, 15) is 14.4 Å². The molecule has 1 atom stereocenters. The predicted octanol–water partition coefficient (Wildman–Crippen LogP) is 4.87. The molecule has 2 aromatic carbocycles. The van der Waals surface area contributed by atoms with Gasteiger partial charge in [0.25, 0.3) is 0 Å². The minimum absolute atomic E-state index is 0.0616. The molecular formula is C26H28ClFN6O2. The summed E-state index contributed by atoms with van der Waals surface area (Å²) in [5.41, 5.74) is 3.05. The van der Waals surface area contributed by atoms with Gasteiger partial charge in [-0.25, -0.2) is 9.37 Å². The van der Waals surface area contributed by atoms with Crippen LogP contribution in [0.15, 0.2) is 42.5 Å². The second kappa shape index (κ2) is 10.1. The molecule has 0 aliphatic carbocycles. The number of nitrogens with one attached hydrogen (secondary N) is 2. The molecular weight excluding hydrogens is 483 g/mol. The van der Waals surface area contributed by atoms with E-state index >= 15 is 0 Å². The minimum Gasteiger partial charge on any atom is -0.620 e. The Morgan fingerprint density at radius 2 is 2.08 bits per heavy atom. The van der Waals surface area contributed by atoms with Crippen molar-refractivity contribution in [2.75, 3.05) is 31.6 Å². The Morgan fingerprint density at radius 3 is 2.83 bits per heavy atom. The highest BCUT2D eigenvalue weighted by Gasteiger charge is 2.37. The van der Waals surface area contributed by atoms with E-state index in [2.05, 4.69) is 15.6 Å². The average Bonchev–Trinajstić information content (AvgIpc) is 3.27. The molecule has 188 valence electrons. The molecule has 0 bridgehead atoms. The normalized spacial score (nSPS) is 19.4. The van der Waals surface area contributed by atoms with Gasteiger partial charge in [0.15, 0.2) is 5.69 Å². The second-order valence-corrected chi connectivity index (χ2v) is 9.61. The summed E-state index contributed by atoms with van der Waals surface area (Å²) in [7, 11) is 0. The molecule has 3 aromatic rings. The summed E-state index contributed by atoms with van der Waals surface area (Å²) in [5.74, 6) is 0.465. The highest BCUT2D eigenvalue weighted by Crippen LogP contribution is 2.43. The molecule has 0 radical (unpaired) electrons. The zero-order valence-corrected chi connectivity index (χ0v) is 20.8. The first kappa shape index (κ1) is 24.6. The second-order valence-electron chi connectivity index (χ2n) is 9.20. The van der Waals surface area contributed by atoms with Crippen LogP contribution in [0.25, 0.3) is 11.3 Å². The van der Waals surface area contributed by atoms with Gasteiger partial charge < -0.3 is 15.4 Å². The molecule has 1 aromatic heterocycles. The lowest BCUT2D eigenvalue weighted by Crippen LogP contribution is -2.50. The van der Waals surface area contributed by atoms with Crippen LogP contribution in [0, 0.1) is 17.9 Å². The molecule has 5 rings (SSSR count). The van der Waals surface area contributed by atoms with Crippen molar-refractivity contribution >= 4 is 35.0 Å². The van der Waals surface area contributed by atoms with E-state index in [1.807, 2.05) is 11.8 Å². The number of carbonyl (C=O) groups is 1. The van der Waals surface area contributed by atoms with Crippen LogP contribution in [0.2, 0.25) is 5.02 Å². The number of para-hydroxylation sites is 1. The van der Waals surface area contributed by atoms with Crippen LogP contribution in [0.5, 0.6) is 0 Å². The number of hydrogen-bond donors (Lipinski definition) is 2. The molecule has 36 heavy (non-hydrogen) atoms. The minimum atomic E-state index is -0.887. The van der Waals surface area contributed by atoms with Crippen molar-refractivity contribution < 1.29 is 9.18 Å². The third-order valence-corrected chi connectivity index (χ3v) is 7.03. The molecule has 2 aliphatic heterocycles. The third-order valence-electron chi connectivity index (χ3n) is 6.71. The fraction of sp³-hybridized carbons (Fsp3) is 0.346. The molecule has 1 fully saturated rings. The van der Waals surface area contributed by atoms with Crippen molar-refractivity contribution in [3.05, 3.63) is 69.6 Å². The summed E-state index contributed by atoms with van der Waals surface area (Å²) in [4.78, 5) is 23.2. The van der Waals surface area contributed by atoms with E-state index in [4.69, 9.17) is 16.6 Å². The maximum absolute atomic E-state index is 14.4. The van der Waals surface area contributed by atoms with E-state index in [0.29, 0.717) is 65.4 Å². The molecule has 2 N–H and O–H groups in total. The number of rotatable bonds is 7. The van der Waals surface area contributed by atoms with Crippen molar-refractivity contribution in [2.45, 2.75) is 32.7 Å². The highest BCUT2D eigenvalue weighted by molar-refractivity contribution is 6.33. The summed E-state index contributed by atoms with van der Waals surface area (Å²) < 4.78 is 13.0. The zero-order chi connectivity index (χ0) is 25.3.